The SMILES string of the molecule is COC(=O)CC(N)c1ccc(-c2ccccc2)cc1OC. The van der Waals surface area contributed by atoms with Gasteiger partial charge >= 0.3 is 5.97 Å². The van der Waals surface area contributed by atoms with Gasteiger partial charge in [0.2, 0.25) is 0 Å². The number of carbonyl (C=O) groups is 1. The van der Waals surface area contributed by atoms with Gasteiger partial charge in [0.25, 0.3) is 0 Å². The highest BCUT2D eigenvalue weighted by molar-refractivity contribution is 5.71. The molecule has 1 unspecified atom stereocenters. The third kappa shape index (κ3) is 3.61. The molecule has 0 radical (unpaired) electrons. The van der Waals surface area contributed by atoms with E-state index in [-0.39, 0.29) is 12.4 Å². The van der Waals surface area contributed by atoms with Gasteiger partial charge in [0, 0.05) is 11.6 Å². The van der Waals surface area contributed by atoms with Gasteiger partial charge in [-0.05, 0) is 17.2 Å². The summed E-state index contributed by atoms with van der Waals surface area (Å²) in [6.07, 6.45) is 0.123. The van der Waals surface area contributed by atoms with Crippen molar-refractivity contribution in [3.63, 3.8) is 0 Å². The van der Waals surface area contributed by atoms with Gasteiger partial charge in [-0.25, -0.2) is 0 Å². The summed E-state index contributed by atoms with van der Waals surface area (Å²) in [5, 5.41) is 0. The molecule has 1 atom stereocenters. The van der Waals surface area contributed by atoms with Crippen LogP contribution in [0.25, 0.3) is 11.1 Å². The second kappa shape index (κ2) is 6.90. The minimum atomic E-state index is -0.447. The van der Waals surface area contributed by atoms with E-state index in [2.05, 4.69) is 4.74 Å². The van der Waals surface area contributed by atoms with Crippen molar-refractivity contribution in [2.45, 2.75) is 12.5 Å². The van der Waals surface area contributed by atoms with Crippen LogP contribution < -0.4 is 10.5 Å². The molecule has 21 heavy (non-hydrogen) atoms. The summed E-state index contributed by atoms with van der Waals surface area (Å²) in [4.78, 5) is 11.3. The fourth-order valence-electron chi connectivity index (χ4n) is 2.20. The molecule has 4 nitrogen and oxygen atoms in total. The number of rotatable bonds is 5. The molecule has 2 N–H and O–H groups in total. The Morgan fingerprint density at radius 3 is 2.43 bits per heavy atom. The minimum absolute atomic E-state index is 0.123. The summed E-state index contributed by atoms with van der Waals surface area (Å²) < 4.78 is 10.1. The van der Waals surface area contributed by atoms with Crippen LogP contribution >= 0.6 is 0 Å². The Morgan fingerprint density at radius 1 is 1.10 bits per heavy atom. The first kappa shape index (κ1) is 15.1. The van der Waals surface area contributed by atoms with Gasteiger partial charge in [0.05, 0.1) is 20.6 Å². The predicted molar refractivity (Wildman–Crippen MR) is 82.0 cm³/mol. The van der Waals surface area contributed by atoms with E-state index < -0.39 is 6.04 Å². The van der Waals surface area contributed by atoms with E-state index in [0.717, 1.165) is 16.7 Å². The van der Waals surface area contributed by atoms with Crippen LogP contribution in [0.15, 0.2) is 48.5 Å². The maximum atomic E-state index is 11.3. The summed E-state index contributed by atoms with van der Waals surface area (Å²) >= 11 is 0. The maximum absolute atomic E-state index is 11.3. The van der Waals surface area contributed by atoms with Crippen molar-refractivity contribution in [1.29, 1.82) is 0 Å². The average Bonchev–Trinajstić information content (AvgIpc) is 2.54. The van der Waals surface area contributed by atoms with Crippen LogP contribution in [0.1, 0.15) is 18.0 Å². The first-order valence-corrected chi connectivity index (χ1v) is 6.71. The third-order valence-electron chi connectivity index (χ3n) is 3.35. The van der Waals surface area contributed by atoms with E-state index in [4.69, 9.17) is 10.5 Å². The molecule has 2 rings (SSSR count). The average molecular weight is 285 g/mol. The number of nitrogens with two attached hydrogens (primary N) is 1. The molecule has 0 heterocycles. The highest BCUT2D eigenvalue weighted by Gasteiger charge is 2.16. The van der Waals surface area contributed by atoms with Crippen LogP contribution in [0.5, 0.6) is 5.75 Å². The quantitative estimate of drug-likeness (QED) is 0.858. The zero-order valence-electron chi connectivity index (χ0n) is 12.2. The van der Waals surface area contributed by atoms with Crippen LogP contribution in [-0.4, -0.2) is 20.2 Å². The van der Waals surface area contributed by atoms with Gasteiger partial charge < -0.3 is 15.2 Å². The Kier molecular flexibility index (Phi) is 4.95. The zero-order valence-corrected chi connectivity index (χ0v) is 12.2. The molecule has 0 aliphatic rings. The summed E-state index contributed by atoms with van der Waals surface area (Å²) in [5.74, 6) is 0.337. The van der Waals surface area contributed by atoms with Crippen molar-refractivity contribution in [2.24, 2.45) is 5.73 Å². The number of methoxy groups -OCH3 is 2. The predicted octanol–water partition coefficient (Wildman–Crippen LogP) is 2.93. The lowest BCUT2D eigenvalue weighted by Crippen LogP contribution is -2.17. The van der Waals surface area contributed by atoms with Crippen LogP contribution in [0.3, 0.4) is 0 Å². The van der Waals surface area contributed by atoms with Crippen LogP contribution in [0, 0.1) is 0 Å². The lowest BCUT2D eigenvalue weighted by molar-refractivity contribution is -0.141. The van der Waals surface area contributed by atoms with Crippen molar-refractivity contribution in [2.75, 3.05) is 14.2 Å². The smallest absolute Gasteiger partial charge is 0.307 e. The highest BCUT2D eigenvalue weighted by atomic mass is 16.5. The summed E-state index contributed by atoms with van der Waals surface area (Å²) in [6, 6.07) is 15.4. The third-order valence-corrected chi connectivity index (χ3v) is 3.35. The molecule has 0 aromatic heterocycles. The van der Waals surface area contributed by atoms with Crippen molar-refractivity contribution in [3.05, 3.63) is 54.1 Å². The lowest BCUT2D eigenvalue weighted by Gasteiger charge is -2.16. The largest absolute Gasteiger partial charge is 0.496 e. The second-order valence-electron chi connectivity index (χ2n) is 4.71. The molecule has 0 fully saturated rings. The van der Waals surface area contributed by atoms with Crippen molar-refractivity contribution >= 4 is 5.97 Å². The standard InChI is InChI=1S/C17H19NO3/c1-20-16-10-13(12-6-4-3-5-7-12)8-9-14(16)15(18)11-17(19)21-2/h3-10,15H,11,18H2,1-2H3. The number of carbonyl (C=O) groups excluding carboxylic acids is 1. The molecule has 110 valence electrons. The van der Waals surface area contributed by atoms with E-state index in [1.54, 1.807) is 7.11 Å². The molecule has 0 amide bonds. The van der Waals surface area contributed by atoms with Crippen molar-refractivity contribution < 1.29 is 14.3 Å². The molecule has 0 saturated heterocycles. The molecule has 0 saturated carbocycles. The highest BCUT2D eigenvalue weighted by Crippen LogP contribution is 2.31. The fraction of sp³-hybridized carbons (Fsp3) is 0.235. The van der Waals surface area contributed by atoms with E-state index in [9.17, 15) is 4.79 Å². The van der Waals surface area contributed by atoms with Crippen molar-refractivity contribution in [3.8, 4) is 16.9 Å². The lowest BCUT2D eigenvalue weighted by atomic mass is 9.98. The van der Waals surface area contributed by atoms with Crippen molar-refractivity contribution in [1.82, 2.24) is 0 Å². The molecule has 0 aliphatic carbocycles. The molecule has 2 aromatic rings. The van der Waals surface area contributed by atoms with Gasteiger partial charge in [-0.1, -0.05) is 42.5 Å². The topological polar surface area (TPSA) is 61.5 Å². The Labute approximate surface area is 124 Å². The summed E-state index contributed by atoms with van der Waals surface area (Å²) in [7, 11) is 2.95. The number of benzene rings is 2. The molecule has 0 aliphatic heterocycles. The normalized spacial score (nSPS) is 11.8. The Morgan fingerprint density at radius 2 is 1.81 bits per heavy atom. The Hall–Kier alpha value is -2.33. The number of hydrogen-bond acceptors (Lipinski definition) is 4. The first-order chi connectivity index (χ1) is 10.2. The van der Waals surface area contributed by atoms with Gasteiger partial charge in [-0.15, -0.1) is 0 Å². The van der Waals surface area contributed by atoms with Crippen LogP contribution in [0.2, 0.25) is 0 Å². The first-order valence-electron chi connectivity index (χ1n) is 6.71. The molecule has 4 heteroatoms. The van der Waals surface area contributed by atoms with E-state index >= 15 is 0 Å². The van der Waals surface area contributed by atoms with Gasteiger partial charge in [0.15, 0.2) is 0 Å². The summed E-state index contributed by atoms with van der Waals surface area (Å²) in [6.45, 7) is 0. The minimum Gasteiger partial charge on any atom is -0.496 e. The fourth-order valence-corrected chi connectivity index (χ4v) is 2.20. The maximum Gasteiger partial charge on any atom is 0.307 e. The molecular weight excluding hydrogens is 266 g/mol. The van der Waals surface area contributed by atoms with E-state index in [1.807, 2.05) is 48.5 Å². The monoisotopic (exact) mass is 285 g/mol. The summed E-state index contributed by atoms with van der Waals surface area (Å²) in [5.41, 5.74) is 8.99. The second-order valence-corrected chi connectivity index (χ2v) is 4.71. The van der Waals surface area contributed by atoms with E-state index in [0.29, 0.717) is 5.75 Å². The number of ether oxygens (including phenoxy) is 2. The molecule has 0 bridgehead atoms. The number of esters is 1. The van der Waals surface area contributed by atoms with Crippen LogP contribution in [0.4, 0.5) is 0 Å². The van der Waals surface area contributed by atoms with Gasteiger partial charge in [0.1, 0.15) is 5.75 Å². The van der Waals surface area contributed by atoms with Gasteiger partial charge in [-0.2, -0.15) is 0 Å². The van der Waals surface area contributed by atoms with E-state index in [1.165, 1.54) is 7.11 Å². The molecule has 2 aromatic carbocycles. The molecular formula is C17H19NO3. The van der Waals surface area contributed by atoms with Crippen LogP contribution in [-0.2, 0) is 9.53 Å². The Bertz CT molecular complexity index is 611. The Balaban J connectivity index is 2.30. The molecule has 0 spiro atoms. The number of hydrogen-bond donors (Lipinski definition) is 1. The van der Waals surface area contributed by atoms with Gasteiger partial charge in [-0.3, -0.25) is 4.79 Å². The zero-order chi connectivity index (χ0) is 15.2.